The van der Waals surface area contributed by atoms with Crippen LogP contribution in [0.3, 0.4) is 0 Å². The quantitative estimate of drug-likeness (QED) is 0.913. The molecule has 0 saturated heterocycles. The number of hydrogen-bond donors (Lipinski definition) is 1. The van der Waals surface area contributed by atoms with Crippen LogP contribution in [0.15, 0.2) is 12.3 Å². The molecular weight excluding hydrogens is 243 g/mol. The molecule has 3 nitrogen and oxygen atoms in total. The number of nitrogens with two attached hydrogens (primary N) is 1. The topological polar surface area (TPSA) is 48.1 Å². The lowest BCUT2D eigenvalue weighted by Gasteiger charge is -2.38. The molecule has 0 aliphatic heterocycles. The highest BCUT2D eigenvalue weighted by Gasteiger charge is 2.33. The van der Waals surface area contributed by atoms with Gasteiger partial charge in [0.2, 0.25) is 0 Å². The van der Waals surface area contributed by atoms with Crippen LogP contribution in [0.1, 0.15) is 45.6 Å². The van der Waals surface area contributed by atoms with Gasteiger partial charge in [-0.3, -0.25) is 0 Å². The van der Waals surface area contributed by atoms with Gasteiger partial charge in [0, 0.05) is 18.3 Å². The maximum absolute atomic E-state index is 14.1. The molecule has 1 aromatic heterocycles. The molecular formula is C15H23FN2O. The molecule has 2 unspecified atom stereocenters. The van der Waals surface area contributed by atoms with Crippen LogP contribution in [0.25, 0.3) is 0 Å². The maximum atomic E-state index is 14.1. The van der Waals surface area contributed by atoms with Gasteiger partial charge in [0.05, 0.1) is 0 Å². The molecule has 2 rings (SSSR count). The number of hydrogen-bond acceptors (Lipinski definition) is 3. The van der Waals surface area contributed by atoms with Crippen molar-refractivity contribution in [2.24, 2.45) is 17.1 Å². The lowest BCUT2D eigenvalue weighted by atomic mass is 9.71. The number of nitrogens with zero attached hydrogens (tertiary/aromatic N) is 1. The first kappa shape index (κ1) is 14.3. The molecule has 2 N–H and O–H groups in total. The molecule has 0 bridgehead atoms. The predicted octanol–water partition coefficient (Wildman–Crippen LogP) is 3.27. The van der Waals surface area contributed by atoms with Crippen molar-refractivity contribution in [3.05, 3.63) is 23.6 Å². The molecule has 1 fully saturated rings. The zero-order chi connectivity index (χ0) is 14.0. The van der Waals surface area contributed by atoms with Crippen molar-refractivity contribution in [1.82, 2.24) is 4.98 Å². The predicted molar refractivity (Wildman–Crippen MR) is 73.3 cm³/mol. The lowest BCUT2D eigenvalue weighted by Crippen LogP contribution is -2.34. The van der Waals surface area contributed by atoms with E-state index in [1.807, 2.05) is 0 Å². The Balaban J connectivity index is 2.13. The van der Waals surface area contributed by atoms with Crippen LogP contribution >= 0.6 is 0 Å². The summed E-state index contributed by atoms with van der Waals surface area (Å²) < 4.78 is 19.8. The summed E-state index contributed by atoms with van der Waals surface area (Å²) in [5, 5.41) is 0. The smallest absolute Gasteiger partial charge is 0.250 e. The maximum Gasteiger partial charge on any atom is 0.250 e. The summed E-state index contributed by atoms with van der Waals surface area (Å²) in [6.45, 7) is 6.85. The Kier molecular flexibility index (Phi) is 4.09. The van der Waals surface area contributed by atoms with Crippen molar-refractivity contribution in [3.8, 4) is 5.88 Å². The Hall–Kier alpha value is -1.16. The third kappa shape index (κ3) is 3.44. The van der Waals surface area contributed by atoms with Gasteiger partial charge in [-0.1, -0.05) is 20.8 Å². The van der Waals surface area contributed by atoms with Gasteiger partial charge in [-0.15, -0.1) is 0 Å². The molecule has 106 valence electrons. The highest BCUT2D eigenvalue weighted by Crippen LogP contribution is 2.40. The summed E-state index contributed by atoms with van der Waals surface area (Å²) >= 11 is 0. The minimum Gasteiger partial charge on any atom is -0.472 e. The summed E-state index contributed by atoms with van der Waals surface area (Å²) in [7, 11) is 0. The number of halogens is 1. The number of aromatic nitrogens is 1. The van der Waals surface area contributed by atoms with Gasteiger partial charge < -0.3 is 10.5 Å². The molecule has 1 aromatic rings. The third-order valence-electron chi connectivity index (χ3n) is 3.78. The summed E-state index contributed by atoms with van der Waals surface area (Å²) in [4.78, 5) is 4.00. The Morgan fingerprint density at radius 2 is 2.21 bits per heavy atom. The van der Waals surface area contributed by atoms with Crippen LogP contribution in [-0.2, 0) is 6.54 Å². The average molecular weight is 266 g/mol. The van der Waals surface area contributed by atoms with Crippen LogP contribution in [0.4, 0.5) is 4.39 Å². The minimum atomic E-state index is -0.416. The average Bonchev–Trinajstić information content (AvgIpc) is 2.29. The second-order valence-corrected chi connectivity index (χ2v) is 6.45. The molecule has 19 heavy (non-hydrogen) atoms. The van der Waals surface area contributed by atoms with Crippen molar-refractivity contribution >= 4 is 0 Å². The van der Waals surface area contributed by atoms with E-state index < -0.39 is 5.82 Å². The van der Waals surface area contributed by atoms with Crippen LogP contribution in [-0.4, -0.2) is 11.1 Å². The number of pyridine rings is 1. The van der Waals surface area contributed by atoms with Crippen molar-refractivity contribution < 1.29 is 9.13 Å². The third-order valence-corrected chi connectivity index (χ3v) is 3.78. The van der Waals surface area contributed by atoms with Crippen LogP contribution in [0, 0.1) is 17.2 Å². The van der Waals surface area contributed by atoms with E-state index in [1.54, 1.807) is 12.3 Å². The van der Waals surface area contributed by atoms with Gasteiger partial charge >= 0.3 is 0 Å². The van der Waals surface area contributed by atoms with Gasteiger partial charge in [-0.25, -0.2) is 9.37 Å². The van der Waals surface area contributed by atoms with E-state index in [0.29, 0.717) is 11.5 Å². The Bertz CT molecular complexity index is 448. The Labute approximate surface area is 114 Å². The molecule has 0 spiro atoms. The van der Waals surface area contributed by atoms with Crippen LogP contribution < -0.4 is 10.5 Å². The molecule has 0 aromatic carbocycles. The van der Waals surface area contributed by atoms with E-state index in [0.717, 1.165) is 12.8 Å². The van der Waals surface area contributed by atoms with E-state index in [-0.39, 0.29) is 23.9 Å². The fourth-order valence-electron chi connectivity index (χ4n) is 3.21. The second kappa shape index (κ2) is 5.45. The van der Waals surface area contributed by atoms with E-state index in [9.17, 15) is 4.39 Å². The SMILES string of the molecule is CC1CC(Oc2nccc(CN)c2F)CC(C)(C)C1. The number of ether oxygens (including phenoxy) is 1. The summed E-state index contributed by atoms with van der Waals surface area (Å²) in [6.07, 6.45) is 4.67. The van der Waals surface area contributed by atoms with Gasteiger partial charge in [0.25, 0.3) is 5.88 Å². The lowest BCUT2D eigenvalue weighted by molar-refractivity contribution is 0.0502. The van der Waals surface area contributed by atoms with Gasteiger partial charge in [-0.2, -0.15) is 0 Å². The highest BCUT2D eigenvalue weighted by molar-refractivity contribution is 5.23. The first-order valence-electron chi connectivity index (χ1n) is 6.91. The standard InChI is InChI=1S/C15H23FN2O/c1-10-6-12(8-15(2,3)7-10)19-14-13(16)11(9-17)4-5-18-14/h4-5,10,12H,6-9,17H2,1-3H3. The molecule has 2 atom stereocenters. The zero-order valence-corrected chi connectivity index (χ0v) is 11.9. The first-order valence-corrected chi connectivity index (χ1v) is 6.91. The molecule has 0 radical (unpaired) electrons. The first-order chi connectivity index (χ1) is 8.91. The van der Waals surface area contributed by atoms with Crippen molar-refractivity contribution in [2.75, 3.05) is 0 Å². The highest BCUT2D eigenvalue weighted by atomic mass is 19.1. The summed E-state index contributed by atoms with van der Waals surface area (Å²) in [6, 6.07) is 1.59. The van der Waals surface area contributed by atoms with Gasteiger partial charge in [0.1, 0.15) is 6.10 Å². The molecule has 1 aliphatic carbocycles. The number of rotatable bonds is 3. The van der Waals surface area contributed by atoms with E-state index in [4.69, 9.17) is 10.5 Å². The minimum absolute atomic E-state index is 0.0359. The van der Waals surface area contributed by atoms with E-state index in [2.05, 4.69) is 25.8 Å². The van der Waals surface area contributed by atoms with E-state index in [1.165, 1.54) is 6.42 Å². The van der Waals surface area contributed by atoms with Gasteiger partial charge in [0.15, 0.2) is 5.82 Å². The molecule has 1 aliphatic rings. The summed E-state index contributed by atoms with van der Waals surface area (Å²) in [5.74, 6) is 0.272. The van der Waals surface area contributed by atoms with Gasteiger partial charge in [-0.05, 0) is 36.7 Å². The normalized spacial score (nSPS) is 26.2. The van der Waals surface area contributed by atoms with Crippen LogP contribution in [0.2, 0.25) is 0 Å². The van der Waals surface area contributed by atoms with Crippen molar-refractivity contribution in [2.45, 2.75) is 52.7 Å². The summed E-state index contributed by atoms with van der Waals surface area (Å²) in [5.41, 5.74) is 6.19. The Morgan fingerprint density at radius 1 is 1.47 bits per heavy atom. The van der Waals surface area contributed by atoms with Crippen molar-refractivity contribution in [1.29, 1.82) is 0 Å². The Morgan fingerprint density at radius 3 is 2.84 bits per heavy atom. The molecule has 4 heteroatoms. The zero-order valence-electron chi connectivity index (χ0n) is 11.9. The molecule has 1 heterocycles. The van der Waals surface area contributed by atoms with Crippen LogP contribution in [0.5, 0.6) is 5.88 Å². The fraction of sp³-hybridized carbons (Fsp3) is 0.667. The van der Waals surface area contributed by atoms with E-state index >= 15 is 0 Å². The largest absolute Gasteiger partial charge is 0.472 e. The second-order valence-electron chi connectivity index (χ2n) is 6.45. The monoisotopic (exact) mass is 266 g/mol. The van der Waals surface area contributed by atoms with Crippen molar-refractivity contribution in [3.63, 3.8) is 0 Å². The molecule has 1 saturated carbocycles. The fourth-order valence-corrected chi connectivity index (χ4v) is 3.21. The molecule has 0 amide bonds.